The summed E-state index contributed by atoms with van der Waals surface area (Å²) < 4.78 is 65.5. The number of azide groups is 1. The molecule has 4 rings (SSSR count). The lowest BCUT2D eigenvalue weighted by Crippen LogP contribution is -2.30. The van der Waals surface area contributed by atoms with Crippen molar-refractivity contribution in [2.75, 3.05) is 166 Å². The van der Waals surface area contributed by atoms with Gasteiger partial charge >= 0.3 is 0 Å². The summed E-state index contributed by atoms with van der Waals surface area (Å²) in [5, 5.41) is 44.3. The highest BCUT2D eigenvalue weighted by Crippen LogP contribution is 2.38. The Hall–Kier alpha value is -3.75. The van der Waals surface area contributed by atoms with Crippen molar-refractivity contribution in [1.29, 1.82) is 0 Å². The van der Waals surface area contributed by atoms with Gasteiger partial charge in [0.05, 0.1) is 153 Å². The quantitative estimate of drug-likeness (QED) is 0.0139. The van der Waals surface area contributed by atoms with Gasteiger partial charge in [-0.2, -0.15) is 0 Å². The van der Waals surface area contributed by atoms with Crippen molar-refractivity contribution in [1.82, 2.24) is 5.09 Å². The van der Waals surface area contributed by atoms with Gasteiger partial charge in [0.1, 0.15) is 0 Å². The number of nitrogens with one attached hydrogen (secondary N) is 1. The van der Waals surface area contributed by atoms with Crippen LogP contribution in [0.3, 0.4) is 0 Å². The zero-order valence-corrected chi connectivity index (χ0v) is 42.3. The van der Waals surface area contributed by atoms with Crippen LogP contribution >= 0.6 is 15.4 Å². The highest BCUT2D eigenvalue weighted by Gasteiger charge is 2.26. The molecule has 5 N–H and O–H groups in total. The molecule has 4 aromatic rings. The molecule has 4 aromatic carbocycles. The van der Waals surface area contributed by atoms with Crippen molar-refractivity contribution in [2.24, 2.45) is 5.11 Å². The molecule has 0 aromatic heterocycles. The topological polar surface area (TPSA) is 251 Å². The molecule has 19 nitrogen and oxygen atoms in total. The highest BCUT2D eigenvalue weighted by atomic mass is 31.2. The Morgan fingerprint density at radius 3 is 1.04 bits per heavy atom. The minimum atomic E-state index is -2.90. The third-order valence-corrected chi connectivity index (χ3v) is 13.2. The van der Waals surface area contributed by atoms with Crippen molar-refractivity contribution in [3.05, 3.63) is 132 Å². The molecule has 0 spiro atoms. The third kappa shape index (κ3) is 36.8. The van der Waals surface area contributed by atoms with Crippen LogP contribution in [0.1, 0.15) is 7.43 Å². The predicted molar refractivity (Wildman–Crippen MR) is 280 cm³/mol. The molecule has 0 unspecified atom stereocenters. The molecule has 0 saturated carbocycles. The Kier molecular flexibility index (Phi) is 48.5. The maximum Gasteiger partial charge on any atom is 0.204 e. The van der Waals surface area contributed by atoms with Gasteiger partial charge in [0.25, 0.3) is 0 Å². The Bertz CT molecular complexity index is 1710. The van der Waals surface area contributed by atoms with Crippen molar-refractivity contribution in [3.63, 3.8) is 0 Å². The average molecular weight is 1040 g/mol. The molecular formula is C50H80N4O15P2. The number of hydrogen-bond acceptors (Lipinski definition) is 16. The predicted octanol–water partition coefficient (Wildman–Crippen LogP) is 4.22. The van der Waals surface area contributed by atoms with Gasteiger partial charge in [-0.05, 0) is 29.8 Å². The lowest BCUT2D eigenvalue weighted by atomic mass is 10.4. The van der Waals surface area contributed by atoms with Crippen LogP contribution in [0.4, 0.5) is 0 Å². The second-order valence-corrected chi connectivity index (χ2v) is 18.3. The molecule has 0 amide bonds. The summed E-state index contributed by atoms with van der Waals surface area (Å²) in [5.41, 5.74) is 7.96. The van der Waals surface area contributed by atoms with E-state index in [0.717, 1.165) is 10.6 Å². The van der Waals surface area contributed by atoms with E-state index in [1.807, 2.05) is 97.1 Å². The Labute approximate surface area is 422 Å². The first-order valence-corrected chi connectivity index (χ1v) is 26.0. The zero-order valence-electron chi connectivity index (χ0n) is 40.5. The molecular weight excluding hydrogens is 959 g/mol. The summed E-state index contributed by atoms with van der Waals surface area (Å²) in [5.74, 6) is 0. The van der Waals surface area contributed by atoms with Gasteiger partial charge in [-0.15, -0.1) is 0 Å². The van der Waals surface area contributed by atoms with E-state index in [9.17, 15) is 4.57 Å². The van der Waals surface area contributed by atoms with Crippen molar-refractivity contribution < 1.29 is 72.1 Å². The fraction of sp³-hybridized carbons (Fsp3) is 0.520. The molecule has 0 aliphatic rings. The van der Waals surface area contributed by atoms with E-state index in [2.05, 4.69) is 39.4 Å². The van der Waals surface area contributed by atoms with Crippen LogP contribution in [0.5, 0.6) is 0 Å². The number of nitrogens with zero attached hydrogens (tertiary/aromatic N) is 3. The Morgan fingerprint density at radius 1 is 0.465 bits per heavy atom. The zero-order chi connectivity index (χ0) is 50.7. The lowest BCUT2D eigenvalue weighted by molar-refractivity contribution is 0.00230. The number of ether oxygens (including phenoxy) is 9. The highest BCUT2D eigenvalue weighted by molar-refractivity contribution is 7.76. The van der Waals surface area contributed by atoms with Crippen LogP contribution in [0.15, 0.2) is 126 Å². The second kappa shape index (κ2) is 51.2. The summed E-state index contributed by atoms with van der Waals surface area (Å²) in [4.78, 5) is 2.59. The van der Waals surface area contributed by atoms with Gasteiger partial charge in [-0.3, -0.25) is 9.65 Å². The van der Waals surface area contributed by atoms with Crippen LogP contribution < -0.4 is 26.3 Å². The van der Waals surface area contributed by atoms with Crippen LogP contribution in [0.2, 0.25) is 0 Å². The largest absolute Gasteiger partial charge is 0.394 e. The minimum absolute atomic E-state index is 0. The van der Waals surface area contributed by atoms with E-state index < -0.39 is 15.4 Å². The maximum atomic E-state index is 13.7. The van der Waals surface area contributed by atoms with Crippen molar-refractivity contribution >= 4 is 36.7 Å². The molecule has 0 aliphatic heterocycles. The molecule has 0 fully saturated rings. The normalized spacial score (nSPS) is 10.7. The Balaban J connectivity index is 0.000000965. The van der Waals surface area contributed by atoms with E-state index in [0.29, 0.717) is 132 Å². The number of hydrogen-bond donors (Lipinski definition) is 5. The molecule has 71 heavy (non-hydrogen) atoms. The number of aliphatic hydroxyl groups excluding tert-OH is 4. The van der Waals surface area contributed by atoms with Gasteiger partial charge in [0, 0.05) is 46.3 Å². The summed E-state index contributed by atoms with van der Waals surface area (Å²) >= 11 is 0. The summed E-state index contributed by atoms with van der Waals surface area (Å²) in [7, 11) is -1.78. The van der Waals surface area contributed by atoms with Crippen LogP contribution in [0, 0.1) is 0 Å². The Morgan fingerprint density at radius 2 is 0.746 bits per heavy atom. The number of rotatable bonds is 38. The standard InChI is InChI=1S/C20H28NO5P.C13H13OP.C8H17N3O4.C8H18O5.CH4/c22-12-14-25-16-18-26-17-15-24-13-11-21-27(23,19-7-3-1-4-8-19)20-9-5-2-6-10-20;1-14-15(12-8-4-2-5-9-12)13-10-6-3-7-11-13;9-11-10-1-3-13-5-7-15-8-6-14-4-2-12;9-1-3-11-5-7-13-8-6-12-4-2-10;/h1-10,22H,11-18H2,(H,21,23);2-11H,1H3;12H,1-8H2;9-10H,1-8H2;1H4. The van der Waals surface area contributed by atoms with E-state index in [-0.39, 0.29) is 33.9 Å². The van der Waals surface area contributed by atoms with Gasteiger partial charge in [-0.1, -0.05) is 110 Å². The fourth-order valence-electron chi connectivity index (χ4n) is 5.40. The van der Waals surface area contributed by atoms with Crippen LogP contribution in [0.25, 0.3) is 10.4 Å². The second-order valence-electron chi connectivity index (χ2n) is 13.7. The molecule has 0 saturated heterocycles. The number of aliphatic hydroxyl groups is 4. The first-order valence-electron chi connectivity index (χ1n) is 23.1. The monoisotopic (exact) mass is 1040 g/mol. The molecule has 0 radical (unpaired) electrons. The molecule has 0 atom stereocenters. The van der Waals surface area contributed by atoms with Crippen LogP contribution in [-0.2, 0) is 51.7 Å². The summed E-state index contributed by atoms with van der Waals surface area (Å²) in [6.45, 7) is 8.92. The van der Waals surface area contributed by atoms with Crippen LogP contribution in [-0.4, -0.2) is 186 Å². The third-order valence-electron chi connectivity index (χ3n) is 8.56. The van der Waals surface area contributed by atoms with E-state index in [4.69, 9.17) is 73.1 Å². The fourth-order valence-corrected chi connectivity index (χ4v) is 9.26. The van der Waals surface area contributed by atoms with Gasteiger partial charge < -0.3 is 67.6 Å². The summed E-state index contributed by atoms with van der Waals surface area (Å²) in [6, 6.07) is 39.6. The van der Waals surface area contributed by atoms with E-state index in [1.165, 1.54) is 10.6 Å². The van der Waals surface area contributed by atoms with Gasteiger partial charge in [0.15, 0.2) is 0 Å². The first-order chi connectivity index (χ1) is 34.5. The van der Waals surface area contributed by atoms with E-state index in [1.54, 1.807) is 7.11 Å². The molecule has 0 aliphatic carbocycles. The summed E-state index contributed by atoms with van der Waals surface area (Å²) in [6.07, 6.45) is 0. The van der Waals surface area contributed by atoms with Crippen molar-refractivity contribution in [3.8, 4) is 0 Å². The molecule has 0 heterocycles. The van der Waals surface area contributed by atoms with Gasteiger partial charge in [0.2, 0.25) is 7.29 Å². The lowest BCUT2D eigenvalue weighted by Gasteiger charge is -2.20. The molecule has 21 heteroatoms. The maximum absolute atomic E-state index is 13.7. The SMILES string of the molecule is C.COP(c1ccccc1)c1ccccc1.O=P(NCCOCCOCCOCCO)(c1ccccc1)c1ccccc1.OCCOCCOCCOCCO.[N-]=[N+]=NCCOCCOCCOCCO. The number of benzene rings is 4. The smallest absolute Gasteiger partial charge is 0.204 e. The van der Waals surface area contributed by atoms with E-state index >= 15 is 0 Å². The van der Waals surface area contributed by atoms with Gasteiger partial charge in [-0.25, -0.2) is 0 Å². The molecule has 400 valence electrons. The molecule has 0 bridgehead atoms. The average Bonchev–Trinajstić information content (AvgIpc) is 3.41. The first kappa shape index (κ1) is 67.2. The minimum Gasteiger partial charge on any atom is -0.394 e. The van der Waals surface area contributed by atoms with Crippen molar-refractivity contribution in [2.45, 2.75) is 7.43 Å².